The zero-order valence-electron chi connectivity index (χ0n) is 13.0. The molecule has 0 aliphatic carbocycles. The fourth-order valence-electron chi connectivity index (χ4n) is 2.45. The Morgan fingerprint density at radius 3 is 2.05 bits per heavy atom. The molecular weight excluding hydrogens is 270 g/mol. The van der Waals surface area contributed by atoms with Crippen LogP contribution in [0.4, 0.5) is 8.78 Å². The molecule has 118 valence electrons. The van der Waals surface area contributed by atoms with Crippen LogP contribution in [0, 0.1) is 11.6 Å². The molecule has 0 saturated heterocycles. The van der Waals surface area contributed by atoms with Crippen LogP contribution in [-0.4, -0.2) is 5.78 Å². The summed E-state index contributed by atoms with van der Waals surface area (Å²) in [4.78, 5) is 11.8. The second-order valence-corrected chi connectivity index (χ2v) is 5.63. The second-order valence-electron chi connectivity index (χ2n) is 5.63. The summed E-state index contributed by atoms with van der Waals surface area (Å²) in [7, 11) is 0. The lowest BCUT2D eigenvalue weighted by atomic mass is 10.0. The molecule has 21 heavy (non-hydrogen) atoms. The van der Waals surface area contributed by atoms with Crippen LogP contribution in [0.15, 0.2) is 18.2 Å². The number of ketones is 1. The van der Waals surface area contributed by atoms with Crippen LogP contribution in [0.2, 0.25) is 0 Å². The lowest BCUT2D eigenvalue weighted by molar-refractivity contribution is 0.0975. The maximum atomic E-state index is 13.4. The highest BCUT2D eigenvalue weighted by atomic mass is 19.1. The molecule has 0 atom stereocenters. The Morgan fingerprint density at radius 2 is 1.48 bits per heavy atom. The molecule has 0 bridgehead atoms. The normalized spacial score (nSPS) is 10.8. The Morgan fingerprint density at radius 1 is 0.905 bits per heavy atom. The number of hydrogen-bond acceptors (Lipinski definition) is 1. The smallest absolute Gasteiger partial charge is 0.165 e. The van der Waals surface area contributed by atoms with Gasteiger partial charge >= 0.3 is 0 Å². The molecule has 0 aliphatic rings. The molecule has 0 amide bonds. The van der Waals surface area contributed by atoms with Crippen molar-refractivity contribution in [3.05, 3.63) is 35.4 Å². The zero-order valence-corrected chi connectivity index (χ0v) is 13.0. The number of carbonyl (C=O) groups is 1. The van der Waals surface area contributed by atoms with Crippen molar-refractivity contribution < 1.29 is 13.6 Å². The number of rotatable bonds is 11. The fraction of sp³-hybridized carbons (Fsp3) is 0.611. The third kappa shape index (κ3) is 7.35. The summed E-state index contributed by atoms with van der Waals surface area (Å²) < 4.78 is 26.2. The maximum Gasteiger partial charge on any atom is 0.165 e. The topological polar surface area (TPSA) is 17.1 Å². The minimum Gasteiger partial charge on any atom is -0.294 e. The summed E-state index contributed by atoms with van der Waals surface area (Å²) in [6, 6.07) is 3.14. The monoisotopic (exact) mass is 296 g/mol. The van der Waals surface area contributed by atoms with Gasteiger partial charge in [0.2, 0.25) is 0 Å². The first-order chi connectivity index (χ1) is 10.1. The molecule has 0 spiro atoms. The van der Waals surface area contributed by atoms with Crippen molar-refractivity contribution in [1.29, 1.82) is 0 Å². The Hall–Kier alpha value is -1.25. The predicted molar refractivity (Wildman–Crippen MR) is 82.5 cm³/mol. The number of hydrogen-bond donors (Lipinski definition) is 0. The van der Waals surface area contributed by atoms with Gasteiger partial charge in [-0.15, -0.1) is 0 Å². The fourth-order valence-corrected chi connectivity index (χ4v) is 2.45. The number of Topliss-reactive ketones (excluding diaryl/α,β-unsaturated/α-hetero) is 1. The molecule has 0 aliphatic heterocycles. The van der Waals surface area contributed by atoms with E-state index < -0.39 is 11.6 Å². The van der Waals surface area contributed by atoms with E-state index in [9.17, 15) is 13.6 Å². The lowest BCUT2D eigenvalue weighted by Crippen LogP contribution is -2.02. The Bertz CT molecular complexity index is 429. The number of halogens is 2. The number of carbonyl (C=O) groups excluding carboxylic acids is 1. The highest BCUT2D eigenvalue weighted by molar-refractivity contribution is 5.96. The van der Waals surface area contributed by atoms with Crippen molar-refractivity contribution in [3.63, 3.8) is 0 Å². The van der Waals surface area contributed by atoms with Gasteiger partial charge in [-0.1, -0.05) is 58.3 Å². The predicted octanol–water partition coefficient (Wildman–Crippen LogP) is 6.07. The van der Waals surface area contributed by atoms with Crippen LogP contribution in [0.5, 0.6) is 0 Å². The van der Waals surface area contributed by atoms with E-state index in [4.69, 9.17) is 0 Å². The first-order valence-corrected chi connectivity index (χ1v) is 8.13. The Balaban J connectivity index is 2.11. The van der Waals surface area contributed by atoms with Crippen LogP contribution < -0.4 is 0 Å². The van der Waals surface area contributed by atoms with Gasteiger partial charge in [0.05, 0.1) is 5.56 Å². The minimum absolute atomic E-state index is 0.0102. The lowest BCUT2D eigenvalue weighted by Gasteiger charge is -2.04. The van der Waals surface area contributed by atoms with Gasteiger partial charge in [-0.2, -0.15) is 0 Å². The van der Waals surface area contributed by atoms with E-state index in [-0.39, 0.29) is 11.3 Å². The number of unbranched alkanes of at least 4 members (excludes halogenated alkanes) is 8. The van der Waals surface area contributed by atoms with E-state index in [2.05, 4.69) is 6.92 Å². The largest absolute Gasteiger partial charge is 0.294 e. The van der Waals surface area contributed by atoms with Gasteiger partial charge in [-0.3, -0.25) is 4.79 Å². The molecule has 1 aromatic carbocycles. The Kier molecular flexibility index (Phi) is 8.88. The summed E-state index contributed by atoms with van der Waals surface area (Å²) in [6.45, 7) is 2.21. The van der Waals surface area contributed by atoms with Crippen LogP contribution in [0.25, 0.3) is 0 Å². The molecule has 0 N–H and O–H groups in total. The summed E-state index contributed by atoms with van der Waals surface area (Å²) in [5.74, 6) is -1.63. The van der Waals surface area contributed by atoms with Crippen LogP contribution in [0.1, 0.15) is 81.5 Å². The highest BCUT2D eigenvalue weighted by Crippen LogP contribution is 2.15. The standard InChI is InChI=1S/C18H26F2O/c1-2-3-4-5-6-7-8-9-10-11-18(21)16-13-12-15(19)14-17(16)20/h12-14H,2-11H2,1H3. The SMILES string of the molecule is CCCCCCCCCCCC(=O)c1ccc(F)cc1F. The van der Waals surface area contributed by atoms with Crippen LogP contribution in [0.3, 0.4) is 0 Å². The van der Waals surface area contributed by atoms with Crippen LogP contribution in [-0.2, 0) is 0 Å². The van der Waals surface area contributed by atoms with Gasteiger partial charge in [0.1, 0.15) is 11.6 Å². The average Bonchev–Trinajstić information content (AvgIpc) is 2.45. The van der Waals surface area contributed by atoms with E-state index in [1.54, 1.807) is 0 Å². The van der Waals surface area contributed by atoms with Crippen LogP contribution >= 0.6 is 0 Å². The van der Waals surface area contributed by atoms with Crippen molar-refractivity contribution >= 4 is 5.78 Å². The Labute approximate surface area is 126 Å². The summed E-state index contributed by atoms with van der Waals surface area (Å²) in [6.07, 6.45) is 10.9. The summed E-state index contributed by atoms with van der Waals surface area (Å²) in [5, 5.41) is 0. The highest BCUT2D eigenvalue weighted by Gasteiger charge is 2.11. The zero-order chi connectivity index (χ0) is 15.5. The van der Waals surface area contributed by atoms with Crippen molar-refractivity contribution in [3.8, 4) is 0 Å². The van der Waals surface area contributed by atoms with E-state index in [0.717, 1.165) is 31.4 Å². The van der Waals surface area contributed by atoms with E-state index in [1.807, 2.05) is 0 Å². The van der Waals surface area contributed by atoms with Gasteiger partial charge in [0.25, 0.3) is 0 Å². The van der Waals surface area contributed by atoms with Gasteiger partial charge in [0, 0.05) is 12.5 Å². The molecular formula is C18H26F2O. The van der Waals surface area contributed by atoms with Gasteiger partial charge in [-0.25, -0.2) is 8.78 Å². The molecule has 0 saturated carbocycles. The minimum atomic E-state index is -0.754. The molecule has 0 unspecified atom stereocenters. The molecule has 0 fully saturated rings. The molecule has 0 aromatic heterocycles. The quantitative estimate of drug-likeness (QED) is 0.358. The molecule has 1 aromatic rings. The van der Waals surface area contributed by atoms with Gasteiger partial charge in [0.15, 0.2) is 5.78 Å². The first-order valence-electron chi connectivity index (χ1n) is 8.13. The number of benzene rings is 1. The molecule has 1 nitrogen and oxygen atoms in total. The second kappa shape index (κ2) is 10.5. The molecule has 3 heteroatoms. The van der Waals surface area contributed by atoms with Crippen molar-refractivity contribution in [1.82, 2.24) is 0 Å². The van der Waals surface area contributed by atoms with E-state index >= 15 is 0 Å². The maximum absolute atomic E-state index is 13.4. The van der Waals surface area contributed by atoms with Crippen molar-refractivity contribution in [2.45, 2.75) is 71.1 Å². The summed E-state index contributed by atoms with van der Waals surface area (Å²) >= 11 is 0. The molecule has 1 rings (SSSR count). The third-order valence-corrected chi connectivity index (χ3v) is 3.74. The average molecular weight is 296 g/mol. The van der Waals surface area contributed by atoms with Crippen molar-refractivity contribution in [2.75, 3.05) is 0 Å². The van der Waals surface area contributed by atoms with Gasteiger partial charge in [-0.05, 0) is 18.6 Å². The van der Waals surface area contributed by atoms with E-state index in [1.165, 1.54) is 44.6 Å². The molecule has 0 heterocycles. The van der Waals surface area contributed by atoms with Crippen molar-refractivity contribution in [2.24, 2.45) is 0 Å². The summed E-state index contributed by atoms with van der Waals surface area (Å²) in [5.41, 5.74) is 0.0102. The first kappa shape index (κ1) is 17.8. The third-order valence-electron chi connectivity index (χ3n) is 3.74. The molecule has 0 radical (unpaired) electrons. The van der Waals surface area contributed by atoms with E-state index in [0.29, 0.717) is 6.42 Å². The van der Waals surface area contributed by atoms with Gasteiger partial charge < -0.3 is 0 Å².